The summed E-state index contributed by atoms with van der Waals surface area (Å²) in [6.07, 6.45) is 1.01. The van der Waals surface area contributed by atoms with Crippen LogP contribution in [0.2, 0.25) is 0 Å². The average Bonchev–Trinajstić information content (AvgIpc) is 2.54. The lowest BCUT2D eigenvalue weighted by Crippen LogP contribution is -2.30. The average molecular weight is 296 g/mol. The maximum atomic E-state index is 11.8. The second-order valence-corrected chi connectivity index (χ2v) is 5.43. The molecule has 2 aromatic rings. The number of benzene rings is 2. The van der Waals surface area contributed by atoms with Crippen LogP contribution in [-0.4, -0.2) is 19.1 Å². The first-order valence-electron chi connectivity index (χ1n) is 7.57. The van der Waals surface area contributed by atoms with Gasteiger partial charge in [0.1, 0.15) is 0 Å². The minimum absolute atomic E-state index is 0.329. The summed E-state index contributed by atoms with van der Waals surface area (Å²) in [5.74, 6) is -0.329. The molecule has 0 aromatic heterocycles. The molecular formula is C18H20N2O2. The summed E-state index contributed by atoms with van der Waals surface area (Å²) in [6.45, 7) is 3.93. The standard InChI is InChI=1S/C18H20N2O2/c1-2-22-18(21)14-7-8-17(16(19)11-14)20-10-9-13-5-3-4-6-15(13)12-20/h3-8,11H,2,9-10,12,19H2,1H3. The van der Waals surface area contributed by atoms with Crippen molar-refractivity contribution in [3.8, 4) is 0 Å². The number of hydrogen-bond acceptors (Lipinski definition) is 4. The summed E-state index contributed by atoms with van der Waals surface area (Å²) in [5.41, 5.74) is 11.0. The number of rotatable bonds is 3. The number of ether oxygens (including phenoxy) is 1. The summed E-state index contributed by atoms with van der Waals surface area (Å²) in [7, 11) is 0. The zero-order chi connectivity index (χ0) is 15.5. The van der Waals surface area contributed by atoms with Gasteiger partial charge in [0, 0.05) is 13.1 Å². The Labute approximate surface area is 130 Å². The van der Waals surface area contributed by atoms with Gasteiger partial charge in [0.2, 0.25) is 0 Å². The Balaban J connectivity index is 1.83. The lowest BCUT2D eigenvalue weighted by atomic mass is 9.99. The second-order valence-electron chi connectivity index (χ2n) is 5.43. The Bertz CT molecular complexity index is 697. The molecule has 0 amide bonds. The largest absolute Gasteiger partial charge is 0.462 e. The van der Waals surface area contributed by atoms with Crippen molar-refractivity contribution in [2.75, 3.05) is 23.8 Å². The lowest BCUT2D eigenvalue weighted by molar-refractivity contribution is 0.0526. The predicted molar refractivity (Wildman–Crippen MR) is 88.0 cm³/mol. The molecule has 0 spiro atoms. The number of carbonyl (C=O) groups is 1. The van der Waals surface area contributed by atoms with Gasteiger partial charge in [-0.2, -0.15) is 0 Å². The summed E-state index contributed by atoms with van der Waals surface area (Å²) < 4.78 is 5.01. The Morgan fingerprint density at radius 1 is 1.23 bits per heavy atom. The number of esters is 1. The molecule has 0 saturated carbocycles. The molecule has 0 bridgehead atoms. The third kappa shape index (κ3) is 2.77. The van der Waals surface area contributed by atoms with Crippen molar-refractivity contribution >= 4 is 17.3 Å². The number of nitrogens with two attached hydrogens (primary N) is 1. The van der Waals surface area contributed by atoms with Crippen LogP contribution >= 0.6 is 0 Å². The van der Waals surface area contributed by atoms with E-state index in [2.05, 4.69) is 29.2 Å². The molecule has 0 radical (unpaired) electrons. The van der Waals surface area contributed by atoms with Crippen LogP contribution in [0.5, 0.6) is 0 Å². The normalized spacial score (nSPS) is 13.6. The van der Waals surface area contributed by atoms with E-state index in [1.807, 2.05) is 6.07 Å². The van der Waals surface area contributed by atoms with E-state index in [4.69, 9.17) is 10.5 Å². The zero-order valence-electron chi connectivity index (χ0n) is 12.7. The molecule has 0 aliphatic carbocycles. The number of anilines is 2. The molecule has 1 heterocycles. The van der Waals surface area contributed by atoms with Crippen LogP contribution in [0.4, 0.5) is 11.4 Å². The van der Waals surface area contributed by atoms with Crippen LogP contribution in [0.25, 0.3) is 0 Å². The van der Waals surface area contributed by atoms with Crippen LogP contribution in [-0.2, 0) is 17.7 Å². The van der Waals surface area contributed by atoms with Gasteiger partial charge in [-0.05, 0) is 42.7 Å². The van der Waals surface area contributed by atoms with Crippen molar-refractivity contribution in [3.63, 3.8) is 0 Å². The molecule has 1 aliphatic rings. The van der Waals surface area contributed by atoms with Gasteiger partial charge >= 0.3 is 5.97 Å². The molecule has 4 heteroatoms. The van der Waals surface area contributed by atoms with Crippen molar-refractivity contribution in [3.05, 3.63) is 59.2 Å². The highest BCUT2D eigenvalue weighted by Crippen LogP contribution is 2.29. The van der Waals surface area contributed by atoms with Gasteiger partial charge in [0.15, 0.2) is 0 Å². The Kier molecular flexibility index (Phi) is 4.00. The Hall–Kier alpha value is -2.49. The third-order valence-electron chi connectivity index (χ3n) is 4.01. The number of carbonyl (C=O) groups excluding carboxylic acids is 1. The van der Waals surface area contributed by atoms with E-state index in [0.717, 1.165) is 25.2 Å². The fourth-order valence-electron chi connectivity index (χ4n) is 2.89. The molecule has 4 nitrogen and oxygen atoms in total. The van der Waals surface area contributed by atoms with Crippen LogP contribution in [0, 0.1) is 0 Å². The van der Waals surface area contributed by atoms with Gasteiger partial charge in [-0.1, -0.05) is 24.3 Å². The Morgan fingerprint density at radius 2 is 2.00 bits per heavy atom. The molecule has 0 fully saturated rings. The number of nitrogens with zero attached hydrogens (tertiary/aromatic N) is 1. The van der Waals surface area contributed by atoms with E-state index in [0.29, 0.717) is 17.9 Å². The molecule has 22 heavy (non-hydrogen) atoms. The van der Waals surface area contributed by atoms with Gasteiger partial charge < -0.3 is 15.4 Å². The van der Waals surface area contributed by atoms with Gasteiger partial charge in [-0.15, -0.1) is 0 Å². The fraction of sp³-hybridized carbons (Fsp3) is 0.278. The summed E-state index contributed by atoms with van der Waals surface area (Å²) in [6, 6.07) is 13.9. The Morgan fingerprint density at radius 3 is 2.73 bits per heavy atom. The van der Waals surface area contributed by atoms with E-state index in [1.54, 1.807) is 19.1 Å². The monoisotopic (exact) mass is 296 g/mol. The van der Waals surface area contributed by atoms with Crippen LogP contribution < -0.4 is 10.6 Å². The summed E-state index contributed by atoms with van der Waals surface area (Å²) in [5, 5.41) is 0. The first-order chi connectivity index (χ1) is 10.7. The lowest BCUT2D eigenvalue weighted by Gasteiger charge is -2.31. The van der Waals surface area contributed by atoms with E-state index >= 15 is 0 Å². The fourth-order valence-corrected chi connectivity index (χ4v) is 2.89. The molecule has 114 valence electrons. The van der Waals surface area contributed by atoms with Gasteiger partial charge in [-0.25, -0.2) is 4.79 Å². The first-order valence-corrected chi connectivity index (χ1v) is 7.57. The second kappa shape index (κ2) is 6.10. The van der Waals surface area contributed by atoms with Crippen molar-refractivity contribution < 1.29 is 9.53 Å². The maximum absolute atomic E-state index is 11.8. The van der Waals surface area contributed by atoms with Gasteiger partial charge in [0.05, 0.1) is 23.5 Å². The molecule has 0 saturated heterocycles. The topological polar surface area (TPSA) is 55.6 Å². The molecule has 2 aromatic carbocycles. The van der Waals surface area contributed by atoms with E-state index in [1.165, 1.54) is 11.1 Å². The predicted octanol–water partition coefficient (Wildman–Crippen LogP) is 3.01. The zero-order valence-corrected chi connectivity index (χ0v) is 12.7. The SMILES string of the molecule is CCOC(=O)c1ccc(N2CCc3ccccc3C2)c(N)c1. The molecule has 0 unspecified atom stereocenters. The molecule has 2 N–H and O–H groups in total. The number of hydrogen-bond donors (Lipinski definition) is 1. The van der Waals surface area contributed by atoms with Crippen LogP contribution in [0.15, 0.2) is 42.5 Å². The number of fused-ring (bicyclic) bond motifs is 1. The van der Waals surface area contributed by atoms with E-state index < -0.39 is 0 Å². The van der Waals surface area contributed by atoms with Crippen LogP contribution in [0.1, 0.15) is 28.4 Å². The van der Waals surface area contributed by atoms with Gasteiger partial charge in [0.25, 0.3) is 0 Å². The summed E-state index contributed by atoms with van der Waals surface area (Å²) in [4.78, 5) is 14.0. The van der Waals surface area contributed by atoms with Crippen molar-refractivity contribution in [2.45, 2.75) is 19.9 Å². The highest BCUT2D eigenvalue weighted by molar-refractivity contribution is 5.92. The van der Waals surface area contributed by atoms with E-state index in [-0.39, 0.29) is 5.97 Å². The molecular weight excluding hydrogens is 276 g/mol. The van der Waals surface area contributed by atoms with E-state index in [9.17, 15) is 4.79 Å². The summed E-state index contributed by atoms with van der Waals surface area (Å²) >= 11 is 0. The molecule has 1 aliphatic heterocycles. The third-order valence-corrected chi connectivity index (χ3v) is 4.01. The van der Waals surface area contributed by atoms with Crippen molar-refractivity contribution in [2.24, 2.45) is 0 Å². The van der Waals surface area contributed by atoms with Crippen molar-refractivity contribution in [1.82, 2.24) is 0 Å². The minimum atomic E-state index is -0.329. The van der Waals surface area contributed by atoms with Crippen LogP contribution in [0.3, 0.4) is 0 Å². The highest BCUT2D eigenvalue weighted by Gasteiger charge is 2.18. The minimum Gasteiger partial charge on any atom is -0.462 e. The highest BCUT2D eigenvalue weighted by atomic mass is 16.5. The molecule has 0 atom stereocenters. The van der Waals surface area contributed by atoms with Crippen molar-refractivity contribution in [1.29, 1.82) is 0 Å². The molecule has 3 rings (SSSR count). The van der Waals surface area contributed by atoms with Gasteiger partial charge in [-0.3, -0.25) is 0 Å². The first kappa shape index (κ1) is 14.4. The number of nitrogen functional groups attached to an aromatic ring is 1. The smallest absolute Gasteiger partial charge is 0.338 e. The maximum Gasteiger partial charge on any atom is 0.338 e. The quantitative estimate of drug-likeness (QED) is 0.699.